The minimum absolute atomic E-state index is 0.111. The summed E-state index contributed by atoms with van der Waals surface area (Å²) in [6, 6.07) is 0. The van der Waals surface area contributed by atoms with E-state index in [9.17, 15) is 14.4 Å². The molecule has 0 radical (unpaired) electrons. The van der Waals surface area contributed by atoms with Crippen LogP contribution in [-0.2, 0) is 29.1 Å². The monoisotopic (exact) mass is 381 g/mol. The Hall–Kier alpha value is -1.67. The lowest BCUT2D eigenvalue weighted by molar-refractivity contribution is 0.243. The highest BCUT2D eigenvalue weighted by atomic mass is 16.6. The van der Waals surface area contributed by atoms with Gasteiger partial charge in [-0.3, -0.25) is 0 Å². The van der Waals surface area contributed by atoms with E-state index in [1.165, 1.54) is 4.57 Å². The number of hydrogen-bond acceptors (Lipinski definition) is 5. The quantitative estimate of drug-likeness (QED) is 0.533. The molecule has 0 N–H and O–H groups in total. The predicted molar refractivity (Wildman–Crippen MR) is 101 cm³/mol. The molecule has 3 heterocycles. The van der Waals surface area contributed by atoms with Gasteiger partial charge < -0.3 is 9.47 Å². The molecule has 8 heteroatoms. The van der Waals surface area contributed by atoms with Gasteiger partial charge in [0.1, 0.15) is 0 Å². The molecule has 2 aliphatic heterocycles. The van der Waals surface area contributed by atoms with Crippen molar-refractivity contribution >= 4 is 0 Å². The van der Waals surface area contributed by atoms with Gasteiger partial charge in [0.05, 0.1) is 38.5 Å². The zero-order chi connectivity index (χ0) is 19.6. The highest BCUT2D eigenvalue weighted by Gasteiger charge is 2.29. The van der Waals surface area contributed by atoms with E-state index < -0.39 is 17.1 Å². The molecule has 27 heavy (non-hydrogen) atoms. The van der Waals surface area contributed by atoms with Gasteiger partial charge in [0.25, 0.3) is 0 Å². The van der Waals surface area contributed by atoms with Gasteiger partial charge in [0, 0.05) is 6.54 Å². The number of nitrogens with zero attached hydrogens (tertiary/aromatic N) is 3. The molecule has 3 unspecified atom stereocenters. The van der Waals surface area contributed by atoms with E-state index in [4.69, 9.17) is 9.47 Å². The van der Waals surface area contributed by atoms with Crippen molar-refractivity contribution in [2.45, 2.75) is 84.7 Å². The van der Waals surface area contributed by atoms with Crippen molar-refractivity contribution in [1.82, 2.24) is 13.7 Å². The van der Waals surface area contributed by atoms with Crippen LogP contribution in [0.15, 0.2) is 14.4 Å². The number of epoxide rings is 2. The lowest BCUT2D eigenvalue weighted by Crippen LogP contribution is -2.55. The Kier molecular flexibility index (Phi) is 6.05. The molecule has 1 aromatic rings. The summed E-state index contributed by atoms with van der Waals surface area (Å²) >= 11 is 0. The molecule has 3 atom stereocenters. The fourth-order valence-electron chi connectivity index (χ4n) is 3.69. The van der Waals surface area contributed by atoms with E-state index in [2.05, 4.69) is 20.8 Å². The highest BCUT2D eigenvalue weighted by Crippen LogP contribution is 2.32. The van der Waals surface area contributed by atoms with E-state index in [0.717, 1.165) is 41.2 Å². The Morgan fingerprint density at radius 2 is 1.37 bits per heavy atom. The van der Waals surface area contributed by atoms with Gasteiger partial charge in [-0.1, -0.05) is 33.6 Å². The number of hydrogen-bond donors (Lipinski definition) is 0. The molecule has 2 fully saturated rings. The van der Waals surface area contributed by atoms with Crippen LogP contribution in [0.25, 0.3) is 0 Å². The normalized spacial score (nSPS) is 23.2. The maximum absolute atomic E-state index is 12.8. The van der Waals surface area contributed by atoms with Gasteiger partial charge >= 0.3 is 17.1 Å². The third-order valence-corrected chi connectivity index (χ3v) is 5.83. The standard InChI is InChI=1S/C19H31N3O5/c1-4-7-19(3,5-2)8-6-9-20-16(23)21(10-14-12-26-14)18(25)22(17(20)24)11-15-13-27-15/h14-15H,4-13H2,1-3H3. The zero-order valence-electron chi connectivity index (χ0n) is 16.6. The van der Waals surface area contributed by atoms with Crippen LogP contribution in [0.5, 0.6) is 0 Å². The van der Waals surface area contributed by atoms with Crippen LogP contribution in [0, 0.1) is 5.41 Å². The molecule has 152 valence electrons. The molecule has 8 nitrogen and oxygen atoms in total. The van der Waals surface area contributed by atoms with Crippen molar-refractivity contribution in [2.75, 3.05) is 13.2 Å². The molecule has 3 rings (SSSR count). The molecule has 0 saturated carbocycles. The van der Waals surface area contributed by atoms with Gasteiger partial charge in [-0.25, -0.2) is 28.1 Å². The van der Waals surface area contributed by atoms with Crippen molar-refractivity contribution in [1.29, 1.82) is 0 Å². The van der Waals surface area contributed by atoms with Gasteiger partial charge in [-0.15, -0.1) is 0 Å². The molecular formula is C19H31N3O5. The SMILES string of the molecule is CCCC(C)(CC)CCCn1c(=O)n(CC2CO2)c(=O)n(CC2CO2)c1=O. The zero-order valence-corrected chi connectivity index (χ0v) is 16.6. The summed E-state index contributed by atoms with van der Waals surface area (Å²) in [7, 11) is 0. The van der Waals surface area contributed by atoms with Crippen LogP contribution in [0.4, 0.5) is 0 Å². The van der Waals surface area contributed by atoms with Crippen LogP contribution in [0.3, 0.4) is 0 Å². The molecular weight excluding hydrogens is 350 g/mol. The number of aromatic nitrogens is 3. The summed E-state index contributed by atoms with van der Waals surface area (Å²) in [4.78, 5) is 38.3. The average molecular weight is 381 g/mol. The lowest BCUT2D eigenvalue weighted by atomic mass is 9.79. The first-order valence-corrected chi connectivity index (χ1v) is 10.1. The maximum atomic E-state index is 12.8. The minimum atomic E-state index is -0.559. The number of ether oxygens (including phenoxy) is 2. The first-order valence-electron chi connectivity index (χ1n) is 10.1. The third kappa shape index (κ3) is 4.79. The van der Waals surface area contributed by atoms with Crippen LogP contribution in [0.1, 0.15) is 52.9 Å². The van der Waals surface area contributed by atoms with Crippen LogP contribution in [-0.4, -0.2) is 39.1 Å². The Bertz CT molecular complexity index is 779. The maximum Gasteiger partial charge on any atom is 0.336 e. The number of rotatable bonds is 11. The van der Waals surface area contributed by atoms with Crippen molar-refractivity contribution in [3.8, 4) is 0 Å². The predicted octanol–water partition coefficient (Wildman–Crippen LogP) is 0.966. The van der Waals surface area contributed by atoms with E-state index in [1.807, 2.05) is 0 Å². The summed E-state index contributed by atoms with van der Waals surface area (Å²) in [6.45, 7) is 8.43. The van der Waals surface area contributed by atoms with Crippen molar-refractivity contribution in [2.24, 2.45) is 5.41 Å². The summed E-state index contributed by atoms with van der Waals surface area (Å²) in [5.74, 6) is 0. The first kappa shape index (κ1) is 20.1. The van der Waals surface area contributed by atoms with Crippen molar-refractivity contribution in [3.05, 3.63) is 31.5 Å². The average Bonchev–Trinajstić information content (AvgIpc) is 3.54. The highest BCUT2D eigenvalue weighted by molar-refractivity contribution is 4.85. The Morgan fingerprint density at radius 3 is 1.78 bits per heavy atom. The summed E-state index contributed by atoms with van der Waals surface area (Å²) < 4.78 is 13.9. The van der Waals surface area contributed by atoms with Gasteiger partial charge in [-0.2, -0.15) is 0 Å². The Labute approximate surface area is 158 Å². The second kappa shape index (κ2) is 8.14. The second-order valence-corrected chi connectivity index (χ2v) is 8.15. The molecule has 0 amide bonds. The summed E-state index contributed by atoms with van der Waals surface area (Å²) in [6.07, 6.45) is 4.76. The first-order chi connectivity index (χ1) is 12.9. The van der Waals surface area contributed by atoms with E-state index in [0.29, 0.717) is 19.8 Å². The van der Waals surface area contributed by atoms with E-state index in [-0.39, 0.29) is 30.7 Å². The van der Waals surface area contributed by atoms with Crippen molar-refractivity contribution in [3.63, 3.8) is 0 Å². The smallest absolute Gasteiger partial charge is 0.336 e. The van der Waals surface area contributed by atoms with Gasteiger partial charge in [0.2, 0.25) is 0 Å². The topological polar surface area (TPSA) is 91.1 Å². The van der Waals surface area contributed by atoms with Gasteiger partial charge in [-0.05, 0) is 24.7 Å². The van der Waals surface area contributed by atoms with Crippen LogP contribution in [0.2, 0.25) is 0 Å². The molecule has 2 aliphatic rings. The molecule has 0 bridgehead atoms. The second-order valence-electron chi connectivity index (χ2n) is 8.15. The minimum Gasteiger partial charge on any atom is -0.371 e. The third-order valence-electron chi connectivity index (χ3n) is 5.83. The lowest BCUT2D eigenvalue weighted by Gasteiger charge is -2.28. The largest absolute Gasteiger partial charge is 0.371 e. The fraction of sp³-hybridized carbons (Fsp3) is 0.842. The van der Waals surface area contributed by atoms with E-state index >= 15 is 0 Å². The molecule has 2 saturated heterocycles. The van der Waals surface area contributed by atoms with Crippen LogP contribution < -0.4 is 17.1 Å². The van der Waals surface area contributed by atoms with Crippen molar-refractivity contribution < 1.29 is 9.47 Å². The molecule has 1 aromatic heterocycles. The summed E-state index contributed by atoms with van der Waals surface area (Å²) in [5, 5.41) is 0. The molecule has 0 aromatic carbocycles. The molecule has 0 spiro atoms. The molecule has 0 aliphatic carbocycles. The van der Waals surface area contributed by atoms with Crippen LogP contribution >= 0.6 is 0 Å². The fourth-order valence-corrected chi connectivity index (χ4v) is 3.69. The van der Waals surface area contributed by atoms with Gasteiger partial charge in [0.15, 0.2) is 0 Å². The van der Waals surface area contributed by atoms with E-state index in [1.54, 1.807) is 0 Å². The Morgan fingerprint density at radius 1 is 0.889 bits per heavy atom. The summed E-state index contributed by atoms with van der Waals surface area (Å²) in [5.41, 5.74) is -1.39. The Balaban J connectivity index is 1.85.